The number of nitrogens with one attached hydrogen (secondary N) is 1. The minimum atomic E-state index is -0.516. The average molecular weight is 299 g/mol. The molecule has 20 heavy (non-hydrogen) atoms. The molecule has 0 saturated heterocycles. The van der Waals surface area contributed by atoms with Gasteiger partial charge in [0, 0.05) is 18.7 Å². The molecule has 2 unspecified atom stereocenters. The number of hydrogen-bond acceptors (Lipinski definition) is 5. The van der Waals surface area contributed by atoms with Gasteiger partial charge in [-0.3, -0.25) is 0 Å². The molecule has 1 aromatic carbocycles. The fraction of sp³-hybridized carbons (Fsp3) is 0.600. The van der Waals surface area contributed by atoms with Gasteiger partial charge in [-0.15, -0.1) is 0 Å². The molecule has 2 N–H and O–H groups in total. The first-order valence-corrected chi connectivity index (χ1v) is 8.22. The maximum atomic E-state index is 9.89. The van der Waals surface area contributed by atoms with Crippen molar-refractivity contribution in [3.63, 3.8) is 0 Å². The van der Waals surface area contributed by atoms with Crippen LogP contribution in [0.25, 0.3) is 0 Å². The molecule has 0 bridgehead atoms. The maximum Gasteiger partial charge on any atom is 0.123 e. The first-order valence-electron chi connectivity index (χ1n) is 6.83. The van der Waals surface area contributed by atoms with E-state index >= 15 is 0 Å². The zero-order valence-electron chi connectivity index (χ0n) is 12.5. The first-order chi connectivity index (χ1) is 9.65. The lowest BCUT2D eigenvalue weighted by Gasteiger charge is -2.17. The molecule has 0 fully saturated rings. The van der Waals surface area contributed by atoms with Crippen LogP contribution in [0.2, 0.25) is 0 Å². The van der Waals surface area contributed by atoms with Crippen LogP contribution in [-0.4, -0.2) is 49.5 Å². The normalized spacial score (nSPS) is 13.8. The quantitative estimate of drug-likeness (QED) is 0.693. The molecule has 1 rings (SSSR count). The van der Waals surface area contributed by atoms with Crippen LogP contribution >= 0.6 is 11.8 Å². The van der Waals surface area contributed by atoms with Crippen molar-refractivity contribution in [2.24, 2.45) is 0 Å². The van der Waals surface area contributed by atoms with Gasteiger partial charge in [-0.2, -0.15) is 11.8 Å². The summed E-state index contributed by atoms with van der Waals surface area (Å²) < 4.78 is 10.7. The SMILES string of the molecule is COc1cccc(OCC(O)CNC(C)CCSC)c1. The standard InChI is InChI=1S/C15H25NO3S/c1-12(7-8-20-3)16-10-13(17)11-19-15-6-4-5-14(9-15)18-2/h4-6,9,12-13,16-17H,7-8,10-11H2,1-3H3. The Kier molecular flexibility index (Phi) is 8.49. The highest BCUT2D eigenvalue weighted by Gasteiger charge is 2.08. The van der Waals surface area contributed by atoms with Gasteiger partial charge in [0.05, 0.1) is 7.11 Å². The third kappa shape index (κ3) is 7.03. The Hall–Kier alpha value is -0.910. The third-order valence-corrected chi connectivity index (χ3v) is 3.58. The lowest BCUT2D eigenvalue weighted by Crippen LogP contribution is -2.36. The number of rotatable bonds is 10. The van der Waals surface area contributed by atoms with Crippen LogP contribution < -0.4 is 14.8 Å². The number of aliphatic hydroxyl groups excluding tert-OH is 1. The smallest absolute Gasteiger partial charge is 0.123 e. The van der Waals surface area contributed by atoms with E-state index in [-0.39, 0.29) is 6.61 Å². The minimum absolute atomic E-state index is 0.273. The fourth-order valence-corrected chi connectivity index (χ4v) is 2.27. The first kappa shape index (κ1) is 17.1. The molecule has 0 radical (unpaired) electrons. The summed E-state index contributed by atoms with van der Waals surface area (Å²) in [7, 11) is 1.62. The number of aliphatic hydroxyl groups is 1. The van der Waals surface area contributed by atoms with Gasteiger partial charge in [0.15, 0.2) is 0 Å². The molecule has 114 valence electrons. The third-order valence-electron chi connectivity index (χ3n) is 2.94. The topological polar surface area (TPSA) is 50.7 Å². The number of thioether (sulfide) groups is 1. The van der Waals surface area contributed by atoms with Crippen LogP contribution in [0.3, 0.4) is 0 Å². The van der Waals surface area contributed by atoms with Crippen molar-refractivity contribution < 1.29 is 14.6 Å². The molecule has 2 atom stereocenters. The van der Waals surface area contributed by atoms with E-state index in [9.17, 15) is 5.11 Å². The average Bonchev–Trinajstić information content (AvgIpc) is 2.49. The summed E-state index contributed by atoms with van der Waals surface area (Å²) in [4.78, 5) is 0. The van der Waals surface area contributed by atoms with E-state index in [2.05, 4.69) is 18.5 Å². The Morgan fingerprint density at radius 1 is 1.35 bits per heavy atom. The largest absolute Gasteiger partial charge is 0.497 e. The number of ether oxygens (including phenoxy) is 2. The van der Waals surface area contributed by atoms with Crippen molar-refractivity contribution in [2.75, 3.05) is 32.3 Å². The predicted molar refractivity (Wildman–Crippen MR) is 85.0 cm³/mol. The van der Waals surface area contributed by atoms with Crippen molar-refractivity contribution in [1.29, 1.82) is 0 Å². The van der Waals surface area contributed by atoms with E-state index in [1.54, 1.807) is 13.2 Å². The van der Waals surface area contributed by atoms with Gasteiger partial charge >= 0.3 is 0 Å². The van der Waals surface area contributed by atoms with E-state index in [0.29, 0.717) is 18.3 Å². The summed E-state index contributed by atoms with van der Waals surface area (Å²) in [6.07, 6.45) is 2.69. The molecular formula is C15H25NO3S. The molecule has 0 heterocycles. The second kappa shape index (κ2) is 9.91. The van der Waals surface area contributed by atoms with Crippen molar-refractivity contribution in [3.8, 4) is 11.5 Å². The lowest BCUT2D eigenvalue weighted by molar-refractivity contribution is 0.104. The summed E-state index contributed by atoms with van der Waals surface area (Å²) in [5.74, 6) is 2.59. The van der Waals surface area contributed by atoms with E-state index < -0.39 is 6.10 Å². The summed E-state index contributed by atoms with van der Waals surface area (Å²) in [5.41, 5.74) is 0. The molecule has 0 aliphatic heterocycles. The number of hydrogen-bond donors (Lipinski definition) is 2. The number of methoxy groups -OCH3 is 1. The van der Waals surface area contributed by atoms with Gasteiger partial charge < -0.3 is 19.9 Å². The van der Waals surface area contributed by atoms with E-state index in [1.165, 1.54) is 0 Å². The lowest BCUT2D eigenvalue weighted by atomic mass is 10.2. The van der Waals surface area contributed by atoms with Crippen molar-refractivity contribution >= 4 is 11.8 Å². The molecule has 0 saturated carbocycles. The van der Waals surface area contributed by atoms with Gasteiger partial charge in [0.1, 0.15) is 24.2 Å². The van der Waals surface area contributed by atoms with Crippen LogP contribution in [0.4, 0.5) is 0 Å². The Morgan fingerprint density at radius 3 is 2.80 bits per heavy atom. The second-order valence-electron chi connectivity index (χ2n) is 4.73. The number of benzene rings is 1. The van der Waals surface area contributed by atoms with Crippen LogP contribution in [0.1, 0.15) is 13.3 Å². The Morgan fingerprint density at radius 2 is 2.10 bits per heavy atom. The minimum Gasteiger partial charge on any atom is -0.497 e. The van der Waals surface area contributed by atoms with Crippen molar-refractivity contribution in [3.05, 3.63) is 24.3 Å². The summed E-state index contributed by atoms with van der Waals surface area (Å²) in [5, 5.41) is 13.2. The van der Waals surface area contributed by atoms with E-state index in [4.69, 9.17) is 9.47 Å². The highest BCUT2D eigenvalue weighted by Crippen LogP contribution is 2.18. The van der Waals surface area contributed by atoms with Crippen molar-refractivity contribution in [1.82, 2.24) is 5.32 Å². The molecule has 4 nitrogen and oxygen atoms in total. The molecule has 5 heteroatoms. The summed E-state index contributed by atoms with van der Waals surface area (Å²) >= 11 is 1.84. The molecule has 0 amide bonds. The van der Waals surface area contributed by atoms with Gasteiger partial charge in [0.2, 0.25) is 0 Å². The Balaban J connectivity index is 2.23. The van der Waals surface area contributed by atoms with E-state index in [0.717, 1.165) is 17.9 Å². The van der Waals surface area contributed by atoms with Crippen LogP contribution in [0.15, 0.2) is 24.3 Å². The van der Waals surface area contributed by atoms with Crippen LogP contribution in [-0.2, 0) is 0 Å². The molecule has 0 aromatic heterocycles. The molecular weight excluding hydrogens is 274 g/mol. The zero-order chi connectivity index (χ0) is 14.8. The van der Waals surface area contributed by atoms with Gasteiger partial charge in [-0.1, -0.05) is 6.07 Å². The fourth-order valence-electron chi connectivity index (χ4n) is 1.68. The summed E-state index contributed by atoms with van der Waals surface area (Å²) in [6.45, 7) is 2.95. The summed E-state index contributed by atoms with van der Waals surface area (Å²) in [6, 6.07) is 7.79. The highest BCUT2D eigenvalue weighted by atomic mass is 32.2. The van der Waals surface area contributed by atoms with Crippen LogP contribution in [0.5, 0.6) is 11.5 Å². The maximum absolute atomic E-state index is 9.89. The van der Waals surface area contributed by atoms with Crippen molar-refractivity contribution in [2.45, 2.75) is 25.5 Å². The van der Waals surface area contributed by atoms with Gasteiger partial charge in [0.25, 0.3) is 0 Å². The predicted octanol–water partition coefficient (Wildman–Crippen LogP) is 2.17. The van der Waals surface area contributed by atoms with Gasteiger partial charge in [-0.05, 0) is 37.5 Å². The Bertz CT molecular complexity index is 376. The molecule has 0 aliphatic rings. The molecule has 0 spiro atoms. The van der Waals surface area contributed by atoms with Crippen LogP contribution in [0, 0.1) is 0 Å². The Labute approximate surface area is 125 Å². The second-order valence-corrected chi connectivity index (χ2v) is 5.72. The highest BCUT2D eigenvalue weighted by molar-refractivity contribution is 7.98. The zero-order valence-corrected chi connectivity index (χ0v) is 13.3. The van der Waals surface area contributed by atoms with E-state index in [1.807, 2.05) is 30.0 Å². The van der Waals surface area contributed by atoms with Gasteiger partial charge in [-0.25, -0.2) is 0 Å². The molecule has 0 aliphatic carbocycles. The monoisotopic (exact) mass is 299 g/mol. The molecule has 1 aromatic rings.